The zero-order chi connectivity index (χ0) is 12.0. The Labute approximate surface area is 98.5 Å². The van der Waals surface area contributed by atoms with Gasteiger partial charge in [-0.15, -0.1) is 0 Å². The molecule has 3 nitrogen and oxygen atoms in total. The SMILES string of the molecule is CCOC(=O)CCNc1cccc(Cl)c1F. The van der Waals surface area contributed by atoms with Crippen LogP contribution in [0.3, 0.4) is 0 Å². The average Bonchev–Trinajstić information content (AvgIpc) is 2.25. The van der Waals surface area contributed by atoms with Gasteiger partial charge in [-0.25, -0.2) is 4.39 Å². The van der Waals surface area contributed by atoms with Gasteiger partial charge in [0.2, 0.25) is 0 Å². The van der Waals surface area contributed by atoms with E-state index in [1.165, 1.54) is 6.07 Å². The maximum atomic E-state index is 13.4. The van der Waals surface area contributed by atoms with E-state index in [1.807, 2.05) is 0 Å². The molecule has 0 heterocycles. The van der Waals surface area contributed by atoms with Crippen molar-refractivity contribution in [3.05, 3.63) is 29.0 Å². The van der Waals surface area contributed by atoms with Crippen LogP contribution in [0.1, 0.15) is 13.3 Å². The summed E-state index contributed by atoms with van der Waals surface area (Å²) in [6.45, 7) is 2.41. The second kappa shape index (κ2) is 6.33. The second-order valence-corrected chi connectivity index (χ2v) is 3.49. The van der Waals surface area contributed by atoms with E-state index in [2.05, 4.69) is 5.32 Å². The topological polar surface area (TPSA) is 38.3 Å². The summed E-state index contributed by atoms with van der Waals surface area (Å²) in [5.74, 6) is -0.814. The smallest absolute Gasteiger partial charge is 0.307 e. The van der Waals surface area contributed by atoms with Gasteiger partial charge in [0, 0.05) is 6.54 Å². The third-order valence-corrected chi connectivity index (χ3v) is 2.19. The van der Waals surface area contributed by atoms with Crippen molar-refractivity contribution in [3.8, 4) is 0 Å². The van der Waals surface area contributed by atoms with E-state index in [0.717, 1.165) is 0 Å². The van der Waals surface area contributed by atoms with Crippen molar-refractivity contribution in [2.75, 3.05) is 18.5 Å². The Hall–Kier alpha value is -1.29. The predicted molar refractivity (Wildman–Crippen MR) is 61.1 cm³/mol. The number of hydrogen-bond donors (Lipinski definition) is 1. The Morgan fingerprint density at radius 1 is 1.56 bits per heavy atom. The number of esters is 1. The molecule has 88 valence electrons. The molecule has 0 saturated heterocycles. The minimum Gasteiger partial charge on any atom is -0.466 e. The number of carbonyl (C=O) groups excluding carboxylic acids is 1. The molecule has 0 atom stereocenters. The van der Waals surface area contributed by atoms with Crippen LogP contribution in [-0.4, -0.2) is 19.1 Å². The summed E-state index contributed by atoms with van der Waals surface area (Å²) in [5, 5.41) is 2.84. The van der Waals surface area contributed by atoms with Gasteiger partial charge in [0.15, 0.2) is 5.82 Å². The fourth-order valence-electron chi connectivity index (χ4n) is 1.17. The largest absolute Gasteiger partial charge is 0.466 e. The predicted octanol–water partition coefficient (Wildman–Crippen LogP) is 2.84. The van der Waals surface area contributed by atoms with Gasteiger partial charge in [-0.2, -0.15) is 0 Å². The van der Waals surface area contributed by atoms with Gasteiger partial charge >= 0.3 is 5.97 Å². The van der Waals surface area contributed by atoms with Crippen molar-refractivity contribution in [1.82, 2.24) is 0 Å². The Bertz CT molecular complexity index is 371. The van der Waals surface area contributed by atoms with E-state index in [1.54, 1.807) is 19.1 Å². The minimum atomic E-state index is -0.506. The first-order valence-electron chi connectivity index (χ1n) is 4.98. The van der Waals surface area contributed by atoms with Crippen LogP contribution < -0.4 is 5.32 Å². The molecule has 0 aliphatic carbocycles. The molecule has 0 aliphatic rings. The number of ether oxygens (including phenoxy) is 1. The normalized spacial score (nSPS) is 9.94. The summed E-state index contributed by atoms with van der Waals surface area (Å²) in [5.41, 5.74) is 0.289. The highest BCUT2D eigenvalue weighted by Gasteiger charge is 2.06. The molecule has 1 aromatic rings. The van der Waals surface area contributed by atoms with E-state index >= 15 is 0 Å². The van der Waals surface area contributed by atoms with E-state index in [0.29, 0.717) is 13.2 Å². The zero-order valence-corrected chi connectivity index (χ0v) is 9.68. The summed E-state index contributed by atoms with van der Waals surface area (Å²) in [7, 11) is 0. The summed E-state index contributed by atoms with van der Waals surface area (Å²) in [4.78, 5) is 11.0. The van der Waals surface area contributed by atoms with Gasteiger partial charge in [0.1, 0.15) is 0 Å². The Balaban J connectivity index is 2.43. The van der Waals surface area contributed by atoms with Gasteiger partial charge < -0.3 is 10.1 Å². The first-order valence-corrected chi connectivity index (χ1v) is 5.36. The maximum Gasteiger partial charge on any atom is 0.307 e. The fraction of sp³-hybridized carbons (Fsp3) is 0.364. The maximum absolute atomic E-state index is 13.4. The molecule has 0 aliphatic heterocycles. The number of benzene rings is 1. The summed E-state index contributed by atoms with van der Waals surface area (Å²) >= 11 is 5.60. The molecule has 0 unspecified atom stereocenters. The molecular weight excluding hydrogens is 233 g/mol. The van der Waals surface area contributed by atoms with Crippen molar-refractivity contribution in [3.63, 3.8) is 0 Å². The molecular formula is C11H13ClFNO2. The van der Waals surface area contributed by atoms with Gasteiger partial charge in [0.25, 0.3) is 0 Å². The lowest BCUT2D eigenvalue weighted by molar-refractivity contribution is -0.142. The van der Waals surface area contributed by atoms with Gasteiger partial charge in [-0.3, -0.25) is 4.79 Å². The molecule has 16 heavy (non-hydrogen) atoms. The number of hydrogen-bond acceptors (Lipinski definition) is 3. The molecule has 0 amide bonds. The van der Waals surface area contributed by atoms with Gasteiger partial charge in [0.05, 0.1) is 23.7 Å². The molecule has 0 saturated carbocycles. The molecule has 0 fully saturated rings. The van der Waals surface area contributed by atoms with Crippen molar-refractivity contribution < 1.29 is 13.9 Å². The molecule has 0 spiro atoms. The van der Waals surface area contributed by atoms with Gasteiger partial charge in [-0.1, -0.05) is 17.7 Å². The summed E-state index contributed by atoms with van der Waals surface area (Å²) in [6, 6.07) is 4.66. The third kappa shape index (κ3) is 3.70. The van der Waals surface area contributed by atoms with Crippen LogP contribution >= 0.6 is 11.6 Å². The molecule has 1 aromatic carbocycles. The van der Waals surface area contributed by atoms with E-state index in [4.69, 9.17) is 16.3 Å². The van der Waals surface area contributed by atoms with Crippen molar-refractivity contribution in [2.24, 2.45) is 0 Å². The van der Waals surface area contributed by atoms with Crippen LogP contribution in [0.15, 0.2) is 18.2 Å². The Kier molecular flexibility index (Phi) is 5.05. The zero-order valence-electron chi connectivity index (χ0n) is 8.93. The summed E-state index contributed by atoms with van der Waals surface area (Å²) < 4.78 is 18.1. The lowest BCUT2D eigenvalue weighted by Gasteiger charge is -2.07. The molecule has 1 N–H and O–H groups in total. The van der Waals surface area contributed by atoms with Crippen molar-refractivity contribution in [2.45, 2.75) is 13.3 Å². The number of nitrogens with one attached hydrogen (secondary N) is 1. The van der Waals surface area contributed by atoms with Crippen LogP contribution in [0.2, 0.25) is 5.02 Å². The van der Waals surface area contributed by atoms with E-state index in [9.17, 15) is 9.18 Å². The number of carbonyl (C=O) groups is 1. The second-order valence-electron chi connectivity index (χ2n) is 3.08. The fourth-order valence-corrected chi connectivity index (χ4v) is 1.35. The first kappa shape index (κ1) is 12.8. The highest BCUT2D eigenvalue weighted by atomic mass is 35.5. The van der Waals surface area contributed by atoms with Crippen LogP contribution in [0.4, 0.5) is 10.1 Å². The minimum absolute atomic E-state index is 0.0566. The summed E-state index contributed by atoms with van der Waals surface area (Å²) in [6.07, 6.45) is 0.194. The highest BCUT2D eigenvalue weighted by Crippen LogP contribution is 2.21. The van der Waals surface area contributed by atoms with Gasteiger partial charge in [-0.05, 0) is 19.1 Å². The van der Waals surface area contributed by atoms with Crippen LogP contribution in [-0.2, 0) is 9.53 Å². The van der Waals surface area contributed by atoms with Crippen LogP contribution in [0.25, 0.3) is 0 Å². The number of anilines is 1. The molecule has 0 bridgehead atoms. The van der Waals surface area contributed by atoms with Crippen LogP contribution in [0, 0.1) is 5.82 Å². The number of rotatable bonds is 5. The van der Waals surface area contributed by atoms with Crippen molar-refractivity contribution in [1.29, 1.82) is 0 Å². The Morgan fingerprint density at radius 3 is 3.00 bits per heavy atom. The quantitative estimate of drug-likeness (QED) is 0.811. The number of halogens is 2. The first-order chi connectivity index (χ1) is 7.65. The molecule has 5 heteroatoms. The van der Waals surface area contributed by atoms with E-state index in [-0.39, 0.29) is 23.1 Å². The molecule has 0 radical (unpaired) electrons. The lowest BCUT2D eigenvalue weighted by atomic mass is 10.3. The van der Waals surface area contributed by atoms with Crippen molar-refractivity contribution >= 4 is 23.3 Å². The third-order valence-electron chi connectivity index (χ3n) is 1.90. The van der Waals surface area contributed by atoms with E-state index < -0.39 is 5.82 Å². The monoisotopic (exact) mass is 245 g/mol. The standard InChI is InChI=1S/C11H13ClFNO2/c1-2-16-10(15)6-7-14-9-5-3-4-8(12)11(9)13/h3-5,14H,2,6-7H2,1H3. The molecule has 0 aromatic heterocycles. The molecule has 1 rings (SSSR count). The van der Waals surface area contributed by atoms with Crippen LogP contribution in [0.5, 0.6) is 0 Å². The Morgan fingerprint density at radius 2 is 2.31 bits per heavy atom. The average molecular weight is 246 g/mol. The highest BCUT2D eigenvalue weighted by molar-refractivity contribution is 6.31. The lowest BCUT2D eigenvalue weighted by Crippen LogP contribution is -2.12.